The Labute approximate surface area is 144 Å². The summed E-state index contributed by atoms with van der Waals surface area (Å²) in [5.74, 6) is 1.15. The average molecular weight is 350 g/mol. The summed E-state index contributed by atoms with van der Waals surface area (Å²) in [4.78, 5) is 24.6. The quantitative estimate of drug-likeness (QED) is 0.806. The molecule has 0 atom stereocenters. The van der Waals surface area contributed by atoms with E-state index >= 15 is 0 Å². The third-order valence-corrected chi connectivity index (χ3v) is 5.79. The van der Waals surface area contributed by atoms with E-state index in [4.69, 9.17) is 10.5 Å². The molecule has 0 saturated carbocycles. The maximum atomic E-state index is 12.0. The molecule has 24 heavy (non-hydrogen) atoms. The third kappa shape index (κ3) is 2.85. The molecule has 0 amide bonds. The second kappa shape index (κ2) is 6.27. The first kappa shape index (κ1) is 17.1. The van der Waals surface area contributed by atoms with Crippen LogP contribution in [-0.2, 0) is 4.74 Å². The molecule has 2 aromatic rings. The van der Waals surface area contributed by atoms with Crippen LogP contribution < -0.4 is 10.6 Å². The van der Waals surface area contributed by atoms with Crippen LogP contribution in [-0.4, -0.2) is 53.4 Å². The maximum Gasteiger partial charge on any atom is 0.348 e. The normalized spacial score (nSPS) is 17.3. The Morgan fingerprint density at radius 2 is 2.04 bits per heavy atom. The van der Waals surface area contributed by atoms with Gasteiger partial charge in [-0.25, -0.2) is 14.8 Å². The molecule has 7 nitrogen and oxygen atoms in total. The van der Waals surface area contributed by atoms with E-state index in [0.717, 1.165) is 21.6 Å². The molecule has 0 aromatic carbocycles. The van der Waals surface area contributed by atoms with Crippen molar-refractivity contribution in [2.75, 3.05) is 31.7 Å². The molecule has 3 heterocycles. The van der Waals surface area contributed by atoms with Gasteiger partial charge in [0.05, 0.1) is 19.1 Å². The topological polar surface area (TPSA) is 102 Å². The standard InChI is InChI=1S/C16H22N4O3S/c1-9-11-13(20-6-4-16(17,8-21)5-7-20)18-10(2)19-14(11)24-12(9)15(22)23-3/h21H,4-8,17H2,1-3H3. The first-order chi connectivity index (χ1) is 11.4. The third-order valence-electron chi connectivity index (χ3n) is 4.63. The van der Waals surface area contributed by atoms with Crippen molar-refractivity contribution < 1.29 is 14.6 Å². The summed E-state index contributed by atoms with van der Waals surface area (Å²) in [6, 6.07) is 0. The summed E-state index contributed by atoms with van der Waals surface area (Å²) in [5.41, 5.74) is 6.50. The van der Waals surface area contributed by atoms with Gasteiger partial charge in [0.25, 0.3) is 0 Å². The van der Waals surface area contributed by atoms with Gasteiger partial charge < -0.3 is 20.5 Å². The number of hydrogen-bond donors (Lipinski definition) is 2. The molecule has 0 radical (unpaired) electrons. The minimum Gasteiger partial charge on any atom is -0.465 e. The van der Waals surface area contributed by atoms with Crippen molar-refractivity contribution in [1.82, 2.24) is 9.97 Å². The van der Waals surface area contributed by atoms with E-state index in [-0.39, 0.29) is 12.6 Å². The number of nitrogens with two attached hydrogens (primary N) is 1. The van der Waals surface area contributed by atoms with E-state index in [1.54, 1.807) is 0 Å². The molecule has 0 unspecified atom stereocenters. The number of aromatic nitrogens is 2. The number of hydrogen-bond acceptors (Lipinski definition) is 8. The van der Waals surface area contributed by atoms with Gasteiger partial charge in [0, 0.05) is 18.6 Å². The van der Waals surface area contributed by atoms with E-state index in [0.29, 0.717) is 36.6 Å². The molecular formula is C16H22N4O3S. The summed E-state index contributed by atoms with van der Waals surface area (Å²) in [7, 11) is 1.38. The lowest BCUT2D eigenvalue weighted by Gasteiger charge is -2.38. The summed E-state index contributed by atoms with van der Waals surface area (Å²) in [5, 5.41) is 10.3. The van der Waals surface area contributed by atoms with E-state index < -0.39 is 5.54 Å². The number of carbonyl (C=O) groups excluding carboxylic acids is 1. The number of rotatable bonds is 3. The van der Waals surface area contributed by atoms with Crippen LogP contribution >= 0.6 is 11.3 Å². The Kier molecular flexibility index (Phi) is 4.46. The first-order valence-corrected chi connectivity index (χ1v) is 8.71. The highest BCUT2D eigenvalue weighted by Crippen LogP contribution is 2.37. The van der Waals surface area contributed by atoms with Crippen LogP contribution in [0.1, 0.15) is 33.9 Å². The number of ether oxygens (including phenoxy) is 1. The molecule has 0 bridgehead atoms. The second-order valence-corrected chi connectivity index (χ2v) is 7.33. The molecule has 8 heteroatoms. The van der Waals surface area contributed by atoms with Crippen LogP contribution in [0.4, 0.5) is 5.82 Å². The van der Waals surface area contributed by atoms with Gasteiger partial charge in [-0.05, 0) is 32.3 Å². The zero-order valence-corrected chi connectivity index (χ0v) is 14.9. The lowest BCUT2D eigenvalue weighted by Crippen LogP contribution is -2.53. The number of aryl methyl sites for hydroxylation is 2. The number of carbonyl (C=O) groups is 1. The average Bonchev–Trinajstić information content (AvgIpc) is 2.91. The van der Waals surface area contributed by atoms with Gasteiger partial charge in [-0.1, -0.05) is 0 Å². The SMILES string of the molecule is COC(=O)c1sc2nc(C)nc(N3CCC(N)(CO)CC3)c2c1C. The smallest absolute Gasteiger partial charge is 0.348 e. The zero-order chi connectivity index (χ0) is 17.5. The van der Waals surface area contributed by atoms with Crippen molar-refractivity contribution in [2.24, 2.45) is 5.73 Å². The second-order valence-electron chi connectivity index (χ2n) is 6.33. The molecule has 130 valence electrons. The predicted molar refractivity (Wildman–Crippen MR) is 93.7 cm³/mol. The van der Waals surface area contributed by atoms with Crippen molar-refractivity contribution in [2.45, 2.75) is 32.2 Å². The fourth-order valence-corrected chi connectivity index (χ4v) is 4.20. The molecular weight excluding hydrogens is 328 g/mol. The molecule has 1 aliphatic rings. The number of nitrogens with zero attached hydrogens (tertiary/aromatic N) is 3. The van der Waals surface area contributed by atoms with Crippen LogP contribution in [0.15, 0.2) is 0 Å². The van der Waals surface area contributed by atoms with Crippen LogP contribution in [0, 0.1) is 13.8 Å². The Balaban J connectivity index is 2.05. The minimum atomic E-state index is -0.515. The van der Waals surface area contributed by atoms with Gasteiger partial charge in [0.15, 0.2) is 0 Å². The predicted octanol–water partition coefficient (Wildman–Crippen LogP) is 1.38. The van der Waals surface area contributed by atoms with Crippen molar-refractivity contribution in [3.05, 3.63) is 16.3 Å². The molecule has 1 aliphatic heterocycles. The fraction of sp³-hybridized carbons (Fsp3) is 0.562. The molecule has 3 N–H and O–H groups in total. The highest BCUT2D eigenvalue weighted by molar-refractivity contribution is 7.20. The maximum absolute atomic E-state index is 12.0. The Morgan fingerprint density at radius 1 is 1.38 bits per heavy atom. The number of thiophene rings is 1. The van der Waals surface area contributed by atoms with E-state index in [9.17, 15) is 9.90 Å². The Bertz CT molecular complexity index is 781. The molecule has 0 spiro atoms. The monoisotopic (exact) mass is 350 g/mol. The minimum absolute atomic E-state index is 0.0109. The number of aliphatic hydroxyl groups excluding tert-OH is 1. The largest absolute Gasteiger partial charge is 0.465 e. The van der Waals surface area contributed by atoms with Crippen LogP contribution in [0.3, 0.4) is 0 Å². The van der Waals surface area contributed by atoms with Gasteiger partial charge in [0.1, 0.15) is 21.3 Å². The molecule has 0 aliphatic carbocycles. The number of esters is 1. The molecule has 3 rings (SSSR count). The van der Waals surface area contributed by atoms with Gasteiger partial charge >= 0.3 is 5.97 Å². The first-order valence-electron chi connectivity index (χ1n) is 7.89. The fourth-order valence-electron chi connectivity index (χ4n) is 3.06. The number of methoxy groups -OCH3 is 1. The Morgan fingerprint density at radius 3 is 2.62 bits per heavy atom. The molecule has 2 aromatic heterocycles. The highest BCUT2D eigenvalue weighted by Gasteiger charge is 2.32. The van der Waals surface area contributed by atoms with Crippen LogP contribution in [0.2, 0.25) is 0 Å². The van der Waals surface area contributed by atoms with Crippen LogP contribution in [0.5, 0.6) is 0 Å². The van der Waals surface area contributed by atoms with E-state index in [1.165, 1.54) is 18.4 Å². The lowest BCUT2D eigenvalue weighted by atomic mass is 9.89. The van der Waals surface area contributed by atoms with Crippen molar-refractivity contribution in [1.29, 1.82) is 0 Å². The van der Waals surface area contributed by atoms with Crippen molar-refractivity contribution in [3.8, 4) is 0 Å². The van der Waals surface area contributed by atoms with Crippen molar-refractivity contribution >= 4 is 33.3 Å². The van der Waals surface area contributed by atoms with Gasteiger partial charge in [-0.2, -0.15) is 0 Å². The zero-order valence-electron chi connectivity index (χ0n) is 14.1. The van der Waals surface area contributed by atoms with E-state index in [2.05, 4.69) is 14.9 Å². The number of fused-ring (bicyclic) bond motifs is 1. The molecule has 1 saturated heterocycles. The van der Waals surface area contributed by atoms with Crippen LogP contribution in [0.25, 0.3) is 10.2 Å². The summed E-state index contributed by atoms with van der Waals surface area (Å²) >= 11 is 1.34. The summed E-state index contributed by atoms with van der Waals surface area (Å²) in [6.07, 6.45) is 1.39. The van der Waals surface area contributed by atoms with Gasteiger partial charge in [0.2, 0.25) is 0 Å². The van der Waals surface area contributed by atoms with Gasteiger partial charge in [-0.15, -0.1) is 11.3 Å². The summed E-state index contributed by atoms with van der Waals surface area (Å²) in [6.45, 7) is 5.17. The summed E-state index contributed by atoms with van der Waals surface area (Å²) < 4.78 is 4.87. The van der Waals surface area contributed by atoms with E-state index in [1.807, 2.05) is 13.8 Å². The molecule has 1 fully saturated rings. The number of anilines is 1. The Hall–Kier alpha value is -1.77. The number of aliphatic hydroxyl groups is 1. The van der Waals surface area contributed by atoms with Crippen molar-refractivity contribution in [3.63, 3.8) is 0 Å². The van der Waals surface area contributed by atoms with Gasteiger partial charge in [-0.3, -0.25) is 0 Å². The number of piperidine rings is 1. The lowest BCUT2D eigenvalue weighted by molar-refractivity contribution is 0.0605. The highest BCUT2D eigenvalue weighted by atomic mass is 32.1.